The first kappa shape index (κ1) is 81.6. The first-order valence-corrected chi connectivity index (χ1v) is 36.7. The normalized spacial score (nSPS) is 17.9. The summed E-state index contributed by atoms with van der Waals surface area (Å²) in [5.74, 6) is -4.19. The molecule has 0 spiro atoms. The smallest absolute Gasteiger partial charge is 0.407 e. The number of amides is 13. The number of benzene rings is 4. The second-order valence-electron chi connectivity index (χ2n) is 28.4. The number of likely N-dealkylation sites (tertiary alicyclic amines) is 4. The summed E-state index contributed by atoms with van der Waals surface area (Å²) in [5, 5.41) is 26.7. The molecule has 107 heavy (non-hydrogen) atoms. The third-order valence-corrected chi connectivity index (χ3v) is 19.4. The minimum Gasteiger partial charge on any atom is -0.453 e. The number of ether oxygens (including phenoxy) is 2. The van der Waals surface area contributed by atoms with E-state index in [0.717, 1.165) is 21.9 Å². The third-order valence-electron chi connectivity index (χ3n) is 19.4. The van der Waals surface area contributed by atoms with Crippen molar-refractivity contribution in [2.75, 3.05) is 67.0 Å². The minimum absolute atomic E-state index is 0.0162. The summed E-state index contributed by atoms with van der Waals surface area (Å²) in [4.78, 5) is 182. The predicted octanol–water partition coefficient (Wildman–Crippen LogP) is 7.82. The van der Waals surface area contributed by atoms with Crippen molar-refractivity contribution >= 4 is 117 Å². The number of fused-ring (bicyclic) bond motifs is 1. The van der Waals surface area contributed by atoms with Crippen LogP contribution < -0.4 is 47.9 Å². The van der Waals surface area contributed by atoms with Crippen molar-refractivity contribution < 1.29 is 71.8 Å². The van der Waals surface area contributed by atoms with E-state index in [2.05, 4.69) is 68.6 Å². The highest BCUT2D eigenvalue weighted by Gasteiger charge is 2.43. The van der Waals surface area contributed by atoms with Gasteiger partial charge in [-0.3, -0.25) is 58.1 Å². The van der Waals surface area contributed by atoms with Crippen molar-refractivity contribution in [3.05, 3.63) is 103 Å². The zero-order chi connectivity index (χ0) is 77.9. The molecule has 0 bridgehead atoms. The Kier molecular flexibility index (Phi) is 28.8. The summed E-state index contributed by atoms with van der Waals surface area (Å²) in [6.45, 7) is 19.8. The number of carbonyl (C=O) groups excluding carboxylic acids is 13. The third kappa shape index (κ3) is 21.1. The molecule has 8 atom stereocenters. The van der Waals surface area contributed by atoms with Crippen LogP contribution in [0.5, 0.6) is 0 Å². The van der Waals surface area contributed by atoms with Crippen molar-refractivity contribution in [1.29, 1.82) is 0 Å². The maximum atomic E-state index is 13.4. The van der Waals surface area contributed by atoms with Crippen molar-refractivity contribution in [3.63, 3.8) is 0 Å². The Labute approximate surface area is 623 Å². The molecule has 574 valence electrons. The Morgan fingerprint density at radius 3 is 1.07 bits per heavy atom. The molecule has 13 amide bonds. The number of nitrogens with one attached hydrogen (secondary N) is 9. The van der Waals surface area contributed by atoms with E-state index in [9.17, 15) is 62.3 Å². The van der Waals surface area contributed by atoms with Crippen LogP contribution in [0.15, 0.2) is 97.3 Å². The number of hydrogen-bond acceptors (Lipinski definition) is 17. The molecule has 4 aromatic carbocycles. The summed E-state index contributed by atoms with van der Waals surface area (Å²) in [6, 6.07) is 19.6. The van der Waals surface area contributed by atoms with E-state index in [4.69, 9.17) is 4.74 Å². The van der Waals surface area contributed by atoms with Gasteiger partial charge in [-0.1, -0.05) is 99.6 Å². The van der Waals surface area contributed by atoms with Crippen LogP contribution in [-0.2, 0) is 57.4 Å². The Balaban J connectivity index is 0.000000270. The lowest BCUT2D eigenvalue weighted by Gasteiger charge is -2.30. The molecule has 4 aliphatic rings. The lowest BCUT2D eigenvalue weighted by molar-refractivity contribution is -0.141. The van der Waals surface area contributed by atoms with Crippen LogP contribution in [0.25, 0.3) is 21.9 Å². The Morgan fingerprint density at radius 2 is 0.710 bits per heavy atom. The zero-order valence-electron chi connectivity index (χ0n) is 62.9. The van der Waals surface area contributed by atoms with Gasteiger partial charge in [-0.25, -0.2) is 19.6 Å². The molecule has 4 aliphatic heterocycles. The minimum atomic E-state index is -0.859. The zero-order valence-corrected chi connectivity index (χ0v) is 62.9. The van der Waals surface area contributed by atoms with Crippen LogP contribution in [0.1, 0.15) is 144 Å². The van der Waals surface area contributed by atoms with E-state index in [-0.39, 0.29) is 107 Å². The van der Waals surface area contributed by atoms with Crippen LogP contribution in [-0.4, -0.2) is 195 Å². The monoisotopic (exact) mass is 1480 g/mol. The maximum absolute atomic E-state index is 13.4. The van der Waals surface area contributed by atoms with Crippen LogP contribution in [0.3, 0.4) is 0 Å². The van der Waals surface area contributed by atoms with Crippen molar-refractivity contribution in [2.45, 2.75) is 182 Å². The molecule has 4 saturated heterocycles. The van der Waals surface area contributed by atoms with Crippen molar-refractivity contribution in [3.8, 4) is 11.1 Å². The van der Waals surface area contributed by atoms with Gasteiger partial charge in [0.2, 0.25) is 65.0 Å². The summed E-state index contributed by atoms with van der Waals surface area (Å²) >= 11 is 0. The molecular formula is C77H101N15O15. The van der Waals surface area contributed by atoms with E-state index >= 15 is 0 Å². The number of hydrogen-bond donors (Lipinski definition) is 9. The molecule has 9 N–H and O–H groups in total. The fourth-order valence-electron chi connectivity index (χ4n) is 13.4. The van der Waals surface area contributed by atoms with E-state index < -0.39 is 72.3 Å². The average molecular weight is 1480 g/mol. The molecule has 9 rings (SSSR count). The molecule has 0 radical (unpaired) electrons. The molecule has 0 aliphatic carbocycles. The van der Waals surface area contributed by atoms with Crippen LogP contribution >= 0.6 is 0 Å². The van der Waals surface area contributed by atoms with Gasteiger partial charge in [-0.05, 0) is 152 Å². The molecule has 0 unspecified atom stereocenters. The van der Waals surface area contributed by atoms with Gasteiger partial charge in [0.25, 0.3) is 5.91 Å². The first-order valence-electron chi connectivity index (χ1n) is 36.7. The van der Waals surface area contributed by atoms with E-state index in [0.29, 0.717) is 94.6 Å². The Hall–Kier alpha value is -11.1. The van der Waals surface area contributed by atoms with Crippen molar-refractivity contribution in [2.24, 2.45) is 23.7 Å². The van der Waals surface area contributed by atoms with Gasteiger partial charge in [0, 0.05) is 61.6 Å². The topological polar surface area (TPSA) is 387 Å². The average Bonchev–Trinajstić information content (AvgIpc) is 1.81. The van der Waals surface area contributed by atoms with Crippen molar-refractivity contribution in [1.82, 2.24) is 50.8 Å². The SMILES string of the molecule is CCC(=O)N[C@H](C(=O)N1CCC[C@H]1C(=O)Nc1ccc(C(=O)Nc2ncc(NC(=O)[C@@H]3CCCN3C(=O)[C@@H](NC(=O)OC)C(C)C)cn2)cc1)C(C)C.CCC(=O)N[C@H](C(=O)N1CCC[C@H]1C(=O)Nc1ccc2cc(-c3ccc(NC(=O)[C@@H]4CCCN4C(=O)[C@@H](NC(=O)OC)C(C)C)cc3)ccc2c1)C(C)C. The fourth-order valence-corrected chi connectivity index (χ4v) is 13.4. The van der Waals surface area contributed by atoms with Gasteiger partial charge < -0.3 is 71.6 Å². The van der Waals surface area contributed by atoms with Crippen LogP contribution in [0, 0.1) is 23.7 Å². The number of nitrogens with zero attached hydrogens (tertiary/aromatic N) is 6. The molecule has 5 heterocycles. The second kappa shape index (κ2) is 37.8. The number of aromatic nitrogens is 2. The molecule has 30 heteroatoms. The van der Waals surface area contributed by atoms with E-state index in [1.165, 1.54) is 48.5 Å². The van der Waals surface area contributed by atoms with Gasteiger partial charge in [-0.2, -0.15) is 0 Å². The molecule has 1 aromatic heterocycles. The van der Waals surface area contributed by atoms with Gasteiger partial charge in [0.1, 0.15) is 48.3 Å². The second-order valence-corrected chi connectivity index (χ2v) is 28.4. The van der Waals surface area contributed by atoms with Gasteiger partial charge in [0.15, 0.2) is 0 Å². The highest BCUT2D eigenvalue weighted by molar-refractivity contribution is 6.06. The van der Waals surface area contributed by atoms with Gasteiger partial charge in [0.05, 0.1) is 32.3 Å². The summed E-state index contributed by atoms with van der Waals surface area (Å²) in [7, 11) is 2.45. The summed E-state index contributed by atoms with van der Waals surface area (Å²) in [5.41, 5.74) is 4.10. The lowest BCUT2D eigenvalue weighted by atomic mass is 10.0. The Bertz CT molecular complexity index is 4060. The number of carbonyl (C=O) groups is 13. The summed E-state index contributed by atoms with van der Waals surface area (Å²) in [6.07, 6.45) is 6.42. The summed E-state index contributed by atoms with van der Waals surface area (Å²) < 4.78 is 9.34. The molecular weight excluding hydrogens is 1370 g/mol. The number of methoxy groups -OCH3 is 2. The molecule has 30 nitrogen and oxygen atoms in total. The van der Waals surface area contributed by atoms with Gasteiger partial charge in [-0.15, -0.1) is 0 Å². The van der Waals surface area contributed by atoms with Crippen LogP contribution in [0.2, 0.25) is 0 Å². The number of rotatable bonds is 25. The highest BCUT2D eigenvalue weighted by Crippen LogP contribution is 2.31. The number of anilines is 5. The van der Waals surface area contributed by atoms with Crippen LogP contribution in [0.4, 0.5) is 38.3 Å². The lowest BCUT2D eigenvalue weighted by Crippen LogP contribution is -2.54. The molecule has 0 saturated carbocycles. The number of alkyl carbamates (subject to hydrolysis) is 2. The molecule has 5 aromatic rings. The quantitative estimate of drug-likeness (QED) is 0.0269. The Morgan fingerprint density at radius 1 is 0.393 bits per heavy atom. The van der Waals surface area contributed by atoms with Gasteiger partial charge >= 0.3 is 12.2 Å². The maximum Gasteiger partial charge on any atom is 0.407 e. The fraction of sp³-hybridized carbons (Fsp3) is 0.494. The van der Waals surface area contributed by atoms with E-state index in [1.807, 2.05) is 96.1 Å². The standard InChI is InChI=1S/C41H52N6O7.C36H49N9O8/c1-7-34(48)44-35(24(2)3)39(51)46-20-9-11-33(46)38(50)43-31-19-16-28-22-27(12-13-29(28)23-31)26-14-17-30(18-15-26)42-37(49)32-10-8-21-47(32)40(52)36(25(4)5)45-41(53)54-6;1-7-27(46)41-28(20(2)3)33(50)44-16-8-10-25(44)31(48)39-23-14-12-22(13-15-23)30(47)43-35-37-18-24(19-38-35)40-32(49)26-11-9-17-45(26)34(51)29(21(4)5)42-36(52)53-6/h12-19,22-25,32-33,35-36H,7-11,20-21H2,1-6H3,(H,42,49)(H,43,50)(H,44,48)(H,45,53);12-15,18-21,25-26,28-29H,7-11,16-17H2,1-6H3,(H,39,48)(H,40,49)(H,41,46)(H,42,52)(H,37,38,43,47)/t32-,33-,35-,36-;25-,26-,28-,29-/m00/s1. The highest BCUT2D eigenvalue weighted by atomic mass is 16.5. The predicted molar refractivity (Wildman–Crippen MR) is 402 cm³/mol. The largest absolute Gasteiger partial charge is 0.453 e. The van der Waals surface area contributed by atoms with E-state index in [1.54, 1.807) is 49.6 Å². The first-order chi connectivity index (χ1) is 51.0. The molecule has 4 fully saturated rings.